The molecule has 2 aromatic heterocycles. The molecule has 0 spiro atoms. The van der Waals surface area contributed by atoms with Gasteiger partial charge in [-0.05, 0) is 43.0 Å². The minimum absolute atomic E-state index is 0.271. The van der Waals surface area contributed by atoms with Gasteiger partial charge >= 0.3 is 0 Å². The van der Waals surface area contributed by atoms with E-state index in [2.05, 4.69) is 53.4 Å². The van der Waals surface area contributed by atoms with Crippen LogP contribution in [0.3, 0.4) is 0 Å². The van der Waals surface area contributed by atoms with Gasteiger partial charge in [0, 0.05) is 17.6 Å². The van der Waals surface area contributed by atoms with Gasteiger partial charge in [-0.25, -0.2) is 0 Å². The van der Waals surface area contributed by atoms with Gasteiger partial charge in [-0.2, -0.15) is 5.10 Å². The van der Waals surface area contributed by atoms with Crippen molar-refractivity contribution in [1.29, 1.82) is 0 Å². The Morgan fingerprint density at radius 2 is 2.17 bits per heavy atom. The molecule has 2 heterocycles. The Labute approximate surface area is 113 Å². The van der Waals surface area contributed by atoms with Crippen LogP contribution in [0, 0.1) is 0 Å². The molecule has 2 rings (SSSR count). The summed E-state index contributed by atoms with van der Waals surface area (Å²) in [6.07, 6.45) is 2.98. The van der Waals surface area contributed by atoms with E-state index in [0.29, 0.717) is 0 Å². The molecule has 0 aliphatic heterocycles. The number of hydrogen-bond acceptors (Lipinski definition) is 3. The second-order valence-electron chi connectivity index (χ2n) is 4.23. The molecule has 0 radical (unpaired) electrons. The van der Waals surface area contributed by atoms with Gasteiger partial charge in [-0.3, -0.25) is 4.68 Å². The van der Waals surface area contributed by atoms with Crippen molar-refractivity contribution in [2.75, 3.05) is 6.54 Å². The van der Waals surface area contributed by atoms with Crippen molar-refractivity contribution in [1.82, 2.24) is 15.1 Å². The number of thiophene rings is 1. The lowest BCUT2D eigenvalue weighted by Gasteiger charge is -2.19. The number of nitrogens with zero attached hydrogens (tertiary/aromatic N) is 2. The monoisotopic (exact) mass is 263 g/mol. The molecule has 0 saturated carbocycles. The molecule has 0 bridgehead atoms. The molecule has 2 aromatic rings. The molecule has 1 unspecified atom stereocenters. The molecule has 98 valence electrons. The normalized spacial score (nSPS) is 12.8. The Kier molecular flexibility index (Phi) is 4.55. The molecule has 3 nitrogen and oxygen atoms in total. The van der Waals surface area contributed by atoms with Gasteiger partial charge in [-0.15, -0.1) is 11.3 Å². The third-order valence-corrected chi connectivity index (χ3v) is 4.20. The predicted molar refractivity (Wildman–Crippen MR) is 77.1 cm³/mol. The summed E-state index contributed by atoms with van der Waals surface area (Å²) < 4.78 is 2.08. The zero-order valence-corrected chi connectivity index (χ0v) is 12.1. The fourth-order valence-corrected chi connectivity index (χ4v) is 3.36. The Balaban J connectivity index is 2.40. The smallest absolute Gasteiger partial charge is 0.0844 e. The van der Waals surface area contributed by atoms with Crippen LogP contribution in [0.1, 0.15) is 42.9 Å². The summed E-state index contributed by atoms with van der Waals surface area (Å²) in [6, 6.07) is 4.62. The quantitative estimate of drug-likeness (QED) is 0.867. The third kappa shape index (κ3) is 2.49. The lowest BCUT2D eigenvalue weighted by atomic mass is 10.1. The Hall–Kier alpha value is -1.13. The average molecular weight is 263 g/mol. The van der Waals surface area contributed by atoms with Gasteiger partial charge in [0.05, 0.1) is 11.7 Å². The first kappa shape index (κ1) is 13.3. The minimum Gasteiger partial charge on any atom is -0.305 e. The van der Waals surface area contributed by atoms with Crippen LogP contribution >= 0.6 is 11.3 Å². The minimum atomic E-state index is 0.271. The van der Waals surface area contributed by atoms with Crippen LogP contribution in [-0.4, -0.2) is 16.3 Å². The summed E-state index contributed by atoms with van der Waals surface area (Å²) in [5, 5.41) is 10.2. The molecule has 18 heavy (non-hydrogen) atoms. The topological polar surface area (TPSA) is 29.9 Å². The first-order chi connectivity index (χ1) is 8.81. The van der Waals surface area contributed by atoms with Gasteiger partial charge in [0.2, 0.25) is 0 Å². The van der Waals surface area contributed by atoms with E-state index < -0.39 is 0 Å². The van der Waals surface area contributed by atoms with E-state index in [0.717, 1.165) is 19.5 Å². The Bertz CT molecular complexity index is 444. The highest BCUT2D eigenvalue weighted by atomic mass is 32.1. The molecule has 0 aliphatic rings. The molecule has 0 amide bonds. The number of rotatable bonds is 6. The van der Waals surface area contributed by atoms with Gasteiger partial charge in [0.15, 0.2) is 0 Å². The number of aromatic nitrogens is 2. The van der Waals surface area contributed by atoms with Crippen molar-refractivity contribution < 1.29 is 0 Å². The molecule has 0 aliphatic carbocycles. The van der Waals surface area contributed by atoms with Crippen LogP contribution in [-0.2, 0) is 13.0 Å². The number of nitrogens with one attached hydrogen (secondary N) is 1. The predicted octanol–water partition coefficient (Wildman–Crippen LogP) is 3.23. The standard InChI is InChI=1S/C14H21N3S/c1-4-11-8-10-18-14(11)13(15-5-2)12-7-9-16-17(12)6-3/h7-10,13,15H,4-6H2,1-3H3. The third-order valence-electron chi connectivity index (χ3n) is 3.18. The summed E-state index contributed by atoms with van der Waals surface area (Å²) in [5.41, 5.74) is 2.70. The second kappa shape index (κ2) is 6.16. The SMILES string of the molecule is CCNC(c1sccc1CC)c1ccnn1CC. The largest absolute Gasteiger partial charge is 0.305 e. The zero-order valence-electron chi connectivity index (χ0n) is 11.3. The highest BCUT2D eigenvalue weighted by Crippen LogP contribution is 2.30. The van der Waals surface area contributed by atoms with Crippen molar-refractivity contribution in [2.45, 2.75) is 39.8 Å². The molecule has 1 N–H and O–H groups in total. The van der Waals surface area contributed by atoms with Crippen LogP contribution in [0.15, 0.2) is 23.7 Å². The number of hydrogen-bond donors (Lipinski definition) is 1. The first-order valence-corrected chi connectivity index (χ1v) is 7.51. The molecule has 0 saturated heterocycles. The maximum Gasteiger partial charge on any atom is 0.0844 e. The summed E-state index contributed by atoms with van der Waals surface area (Å²) in [7, 11) is 0. The molecular formula is C14H21N3S. The molecule has 0 aromatic carbocycles. The molecular weight excluding hydrogens is 242 g/mol. The highest BCUT2D eigenvalue weighted by molar-refractivity contribution is 7.10. The maximum absolute atomic E-state index is 4.38. The summed E-state index contributed by atoms with van der Waals surface area (Å²) in [5.74, 6) is 0. The first-order valence-electron chi connectivity index (χ1n) is 6.63. The van der Waals surface area contributed by atoms with Crippen molar-refractivity contribution in [2.24, 2.45) is 0 Å². The lowest BCUT2D eigenvalue weighted by molar-refractivity contribution is 0.545. The Morgan fingerprint density at radius 3 is 2.83 bits per heavy atom. The van der Waals surface area contributed by atoms with Crippen LogP contribution in [0.5, 0.6) is 0 Å². The zero-order chi connectivity index (χ0) is 13.0. The fraction of sp³-hybridized carbons (Fsp3) is 0.500. The van der Waals surface area contributed by atoms with Crippen molar-refractivity contribution >= 4 is 11.3 Å². The van der Waals surface area contributed by atoms with Crippen molar-refractivity contribution in [3.8, 4) is 0 Å². The van der Waals surface area contributed by atoms with Crippen LogP contribution in [0.4, 0.5) is 0 Å². The van der Waals surface area contributed by atoms with E-state index in [-0.39, 0.29) is 6.04 Å². The van der Waals surface area contributed by atoms with Crippen LogP contribution in [0.25, 0.3) is 0 Å². The van der Waals surface area contributed by atoms with Crippen molar-refractivity contribution in [3.63, 3.8) is 0 Å². The van der Waals surface area contributed by atoms with E-state index in [1.165, 1.54) is 16.1 Å². The van der Waals surface area contributed by atoms with E-state index in [1.54, 1.807) is 0 Å². The average Bonchev–Trinajstić information content (AvgIpc) is 3.04. The summed E-state index contributed by atoms with van der Waals surface area (Å²) in [6.45, 7) is 8.37. The van der Waals surface area contributed by atoms with Gasteiger partial charge < -0.3 is 5.32 Å². The summed E-state index contributed by atoms with van der Waals surface area (Å²) in [4.78, 5) is 1.43. The van der Waals surface area contributed by atoms with Crippen molar-refractivity contribution in [3.05, 3.63) is 39.8 Å². The number of aryl methyl sites for hydroxylation is 2. The molecule has 0 fully saturated rings. The fourth-order valence-electron chi connectivity index (χ4n) is 2.28. The molecule has 1 atom stereocenters. The van der Waals surface area contributed by atoms with E-state index in [9.17, 15) is 0 Å². The maximum atomic E-state index is 4.38. The Morgan fingerprint density at radius 1 is 1.33 bits per heavy atom. The lowest BCUT2D eigenvalue weighted by Crippen LogP contribution is -2.24. The van der Waals surface area contributed by atoms with Crippen LogP contribution in [0.2, 0.25) is 0 Å². The second-order valence-corrected chi connectivity index (χ2v) is 5.17. The van der Waals surface area contributed by atoms with E-state index >= 15 is 0 Å². The van der Waals surface area contributed by atoms with Gasteiger partial charge in [0.25, 0.3) is 0 Å². The van der Waals surface area contributed by atoms with Crippen LogP contribution < -0.4 is 5.32 Å². The van der Waals surface area contributed by atoms with E-state index in [1.807, 2.05) is 17.5 Å². The van der Waals surface area contributed by atoms with Gasteiger partial charge in [0.1, 0.15) is 0 Å². The summed E-state index contributed by atoms with van der Waals surface area (Å²) >= 11 is 1.84. The highest BCUT2D eigenvalue weighted by Gasteiger charge is 2.20. The van der Waals surface area contributed by atoms with Gasteiger partial charge in [-0.1, -0.05) is 13.8 Å². The molecule has 4 heteroatoms. The van der Waals surface area contributed by atoms with E-state index in [4.69, 9.17) is 0 Å².